The van der Waals surface area contributed by atoms with Crippen LogP contribution in [0.1, 0.15) is 54.4 Å². The molecule has 0 saturated heterocycles. The quantitative estimate of drug-likeness (QED) is 0.713. The zero-order valence-corrected chi connectivity index (χ0v) is 10.1. The maximum atomic E-state index is 9.43. The Balaban J connectivity index is 4.14. The summed E-state index contributed by atoms with van der Waals surface area (Å²) in [5.41, 5.74) is 0.373. The number of hydrogen-bond acceptors (Lipinski definition) is 1. The summed E-state index contributed by atoms with van der Waals surface area (Å²) < 4.78 is 0. The SMILES string of the molecule is CCC(CC(C)C(C)O)C(C)(C)C. The van der Waals surface area contributed by atoms with Crippen molar-refractivity contribution in [1.82, 2.24) is 0 Å². The van der Waals surface area contributed by atoms with Crippen molar-refractivity contribution in [2.75, 3.05) is 0 Å². The molecule has 0 heterocycles. The van der Waals surface area contributed by atoms with Crippen molar-refractivity contribution in [1.29, 1.82) is 0 Å². The van der Waals surface area contributed by atoms with Gasteiger partial charge >= 0.3 is 0 Å². The molecule has 0 aliphatic rings. The van der Waals surface area contributed by atoms with Crippen molar-refractivity contribution in [3.8, 4) is 0 Å². The van der Waals surface area contributed by atoms with E-state index in [9.17, 15) is 5.11 Å². The molecule has 1 heteroatoms. The van der Waals surface area contributed by atoms with Gasteiger partial charge < -0.3 is 5.11 Å². The first-order chi connectivity index (χ1) is 5.79. The van der Waals surface area contributed by atoms with Gasteiger partial charge in [-0.25, -0.2) is 0 Å². The Kier molecular flexibility index (Phi) is 4.98. The van der Waals surface area contributed by atoms with Gasteiger partial charge in [-0.15, -0.1) is 0 Å². The lowest BCUT2D eigenvalue weighted by molar-refractivity contribution is 0.0946. The monoisotopic (exact) mass is 186 g/mol. The van der Waals surface area contributed by atoms with Gasteiger partial charge in [0.2, 0.25) is 0 Å². The topological polar surface area (TPSA) is 20.2 Å². The Labute approximate surface area is 83.5 Å². The van der Waals surface area contributed by atoms with E-state index in [0.717, 1.165) is 12.3 Å². The maximum Gasteiger partial charge on any atom is 0.0537 e. The first kappa shape index (κ1) is 13.0. The Morgan fingerprint density at radius 2 is 1.62 bits per heavy atom. The molecule has 0 spiro atoms. The van der Waals surface area contributed by atoms with Crippen LogP contribution >= 0.6 is 0 Å². The summed E-state index contributed by atoms with van der Waals surface area (Å²) in [5.74, 6) is 1.14. The molecular weight excluding hydrogens is 160 g/mol. The molecule has 0 aromatic carbocycles. The Morgan fingerprint density at radius 1 is 1.15 bits per heavy atom. The van der Waals surface area contributed by atoms with Crippen molar-refractivity contribution >= 4 is 0 Å². The lowest BCUT2D eigenvalue weighted by Crippen LogP contribution is -2.25. The van der Waals surface area contributed by atoms with Gasteiger partial charge in [0.25, 0.3) is 0 Å². The van der Waals surface area contributed by atoms with Crippen molar-refractivity contribution < 1.29 is 5.11 Å². The van der Waals surface area contributed by atoms with Crippen molar-refractivity contribution in [2.45, 2.75) is 60.5 Å². The predicted octanol–water partition coefficient (Wildman–Crippen LogP) is 3.47. The largest absolute Gasteiger partial charge is 0.393 e. The summed E-state index contributed by atoms with van der Waals surface area (Å²) in [7, 11) is 0. The van der Waals surface area contributed by atoms with Crippen molar-refractivity contribution in [2.24, 2.45) is 17.3 Å². The number of rotatable bonds is 4. The van der Waals surface area contributed by atoms with E-state index in [4.69, 9.17) is 0 Å². The smallest absolute Gasteiger partial charge is 0.0537 e. The molecule has 1 nitrogen and oxygen atoms in total. The van der Waals surface area contributed by atoms with E-state index in [-0.39, 0.29) is 6.10 Å². The molecule has 13 heavy (non-hydrogen) atoms. The van der Waals surface area contributed by atoms with Gasteiger partial charge in [-0.05, 0) is 30.6 Å². The van der Waals surface area contributed by atoms with Crippen molar-refractivity contribution in [3.05, 3.63) is 0 Å². The van der Waals surface area contributed by atoms with E-state index in [2.05, 4.69) is 34.6 Å². The second-order valence-electron chi connectivity index (χ2n) is 5.42. The number of aliphatic hydroxyl groups excluding tert-OH is 1. The van der Waals surface area contributed by atoms with Gasteiger partial charge in [-0.2, -0.15) is 0 Å². The first-order valence-electron chi connectivity index (χ1n) is 5.47. The van der Waals surface area contributed by atoms with Crippen LogP contribution in [0.15, 0.2) is 0 Å². The van der Waals surface area contributed by atoms with Gasteiger partial charge in [0.05, 0.1) is 6.10 Å². The zero-order valence-electron chi connectivity index (χ0n) is 10.1. The lowest BCUT2D eigenvalue weighted by Gasteiger charge is -2.32. The Morgan fingerprint density at radius 3 is 1.85 bits per heavy atom. The molecule has 0 aliphatic heterocycles. The molecule has 0 fully saturated rings. The van der Waals surface area contributed by atoms with Crippen LogP contribution < -0.4 is 0 Å². The summed E-state index contributed by atoms with van der Waals surface area (Å²) in [6.07, 6.45) is 2.18. The van der Waals surface area contributed by atoms with Gasteiger partial charge in [-0.3, -0.25) is 0 Å². The molecule has 3 unspecified atom stereocenters. The van der Waals surface area contributed by atoms with Gasteiger partial charge in [0, 0.05) is 0 Å². The first-order valence-corrected chi connectivity index (χ1v) is 5.47. The molecule has 1 N–H and O–H groups in total. The fourth-order valence-electron chi connectivity index (χ4n) is 1.78. The summed E-state index contributed by atoms with van der Waals surface area (Å²) in [6, 6.07) is 0. The average molecular weight is 186 g/mol. The third-order valence-corrected chi connectivity index (χ3v) is 3.20. The Bertz CT molecular complexity index is 133. The highest BCUT2D eigenvalue weighted by Gasteiger charge is 2.25. The van der Waals surface area contributed by atoms with Crippen molar-refractivity contribution in [3.63, 3.8) is 0 Å². The fourth-order valence-corrected chi connectivity index (χ4v) is 1.78. The highest BCUT2D eigenvalue weighted by atomic mass is 16.3. The molecule has 0 radical (unpaired) electrons. The van der Waals surface area contributed by atoms with E-state index in [0.29, 0.717) is 11.3 Å². The molecule has 0 aromatic rings. The van der Waals surface area contributed by atoms with Crippen LogP contribution in [0.4, 0.5) is 0 Å². The second-order valence-corrected chi connectivity index (χ2v) is 5.42. The van der Waals surface area contributed by atoms with Crippen LogP contribution in [-0.2, 0) is 0 Å². The highest BCUT2D eigenvalue weighted by Crippen LogP contribution is 2.34. The van der Waals surface area contributed by atoms with Crippen LogP contribution in [0.5, 0.6) is 0 Å². The number of hydrogen-bond donors (Lipinski definition) is 1. The average Bonchev–Trinajstić information content (AvgIpc) is 1.96. The van der Waals surface area contributed by atoms with Crippen LogP contribution in [0.2, 0.25) is 0 Å². The molecule has 0 saturated carbocycles. The summed E-state index contributed by atoms with van der Waals surface area (Å²) in [6.45, 7) is 13.1. The second kappa shape index (κ2) is 4.99. The van der Waals surface area contributed by atoms with Crippen LogP contribution in [-0.4, -0.2) is 11.2 Å². The van der Waals surface area contributed by atoms with E-state index >= 15 is 0 Å². The lowest BCUT2D eigenvalue weighted by atomic mass is 9.74. The summed E-state index contributed by atoms with van der Waals surface area (Å²) in [4.78, 5) is 0. The normalized spacial score (nSPS) is 19.6. The third-order valence-electron chi connectivity index (χ3n) is 3.20. The summed E-state index contributed by atoms with van der Waals surface area (Å²) in [5, 5.41) is 9.43. The van der Waals surface area contributed by atoms with Gasteiger partial charge in [0.15, 0.2) is 0 Å². The fraction of sp³-hybridized carbons (Fsp3) is 1.00. The Hall–Kier alpha value is -0.0400. The molecule has 0 amide bonds. The van der Waals surface area contributed by atoms with Crippen LogP contribution in [0.25, 0.3) is 0 Å². The predicted molar refractivity (Wildman–Crippen MR) is 58.7 cm³/mol. The molecule has 0 bridgehead atoms. The highest BCUT2D eigenvalue weighted by molar-refractivity contribution is 4.76. The number of aliphatic hydroxyl groups is 1. The molecule has 0 aromatic heterocycles. The standard InChI is InChI=1S/C12H26O/c1-7-11(12(4,5)6)8-9(2)10(3)13/h9-11,13H,7-8H2,1-6H3. The molecule has 0 aliphatic carbocycles. The van der Waals surface area contributed by atoms with Crippen LogP contribution in [0.3, 0.4) is 0 Å². The van der Waals surface area contributed by atoms with E-state index < -0.39 is 0 Å². The van der Waals surface area contributed by atoms with Gasteiger partial charge in [0.1, 0.15) is 0 Å². The minimum atomic E-state index is -0.170. The third kappa shape index (κ3) is 4.66. The van der Waals surface area contributed by atoms with E-state index in [1.807, 2.05) is 6.92 Å². The molecule has 3 atom stereocenters. The molecular formula is C12H26O. The van der Waals surface area contributed by atoms with Gasteiger partial charge in [-0.1, -0.05) is 41.0 Å². The minimum Gasteiger partial charge on any atom is -0.393 e. The van der Waals surface area contributed by atoms with E-state index in [1.54, 1.807) is 0 Å². The van der Waals surface area contributed by atoms with Crippen LogP contribution in [0, 0.1) is 17.3 Å². The molecule has 0 rings (SSSR count). The maximum absolute atomic E-state index is 9.43. The van der Waals surface area contributed by atoms with E-state index in [1.165, 1.54) is 6.42 Å². The molecule has 80 valence electrons. The summed E-state index contributed by atoms with van der Waals surface area (Å²) >= 11 is 0. The zero-order chi connectivity index (χ0) is 10.6. The minimum absolute atomic E-state index is 0.170.